The predicted octanol–water partition coefficient (Wildman–Crippen LogP) is 5.12. The standard InChI is InChI=1S/C19H35N3O/c1-4-5-6-7-8-9-10-11-14-20-19(3,15-17-12-13-17)18-21-16(2)23-22-18/h17,20H,4-15H2,1-3H3/t19-/m1/s1. The summed E-state index contributed by atoms with van der Waals surface area (Å²) in [5, 5.41) is 7.90. The number of nitrogens with zero attached hydrogens (tertiary/aromatic N) is 2. The first-order valence-electron chi connectivity index (χ1n) is 9.70. The normalized spacial score (nSPS) is 17.3. The molecule has 1 atom stereocenters. The van der Waals surface area contributed by atoms with Crippen molar-refractivity contribution in [1.82, 2.24) is 15.5 Å². The Hall–Kier alpha value is -0.900. The van der Waals surface area contributed by atoms with E-state index >= 15 is 0 Å². The van der Waals surface area contributed by atoms with Gasteiger partial charge in [-0.15, -0.1) is 0 Å². The zero-order chi connectivity index (χ0) is 16.5. The van der Waals surface area contributed by atoms with Crippen LogP contribution in [0.15, 0.2) is 4.52 Å². The monoisotopic (exact) mass is 321 g/mol. The molecule has 0 aliphatic heterocycles. The Morgan fingerprint density at radius 1 is 1.09 bits per heavy atom. The molecule has 1 heterocycles. The van der Waals surface area contributed by atoms with Gasteiger partial charge >= 0.3 is 0 Å². The van der Waals surface area contributed by atoms with Crippen LogP contribution in [-0.2, 0) is 5.54 Å². The van der Waals surface area contributed by atoms with Crippen LogP contribution in [0.4, 0.5) is 0 Å². The van der Waals surface area contributed by atoms with E-state index < -0.39 is 0 Å². The number of aryl methyl sites for hydroxylation is 1. The number of hydrogen-bond acceptors (Lipinski definition) is 4. The van der Waals surface area contributed by atoms with Gasteiger partial charge in [-0.2, -0.15) is 4.98 Å². The summed E-state index contributed by atoms with van der Waals surface area (Å²) in [5.74, 6) is 2.34. The van der Waals surface area contributed by atoms with E-state index in [4.69, 9.17) is 4.52 Å². The zero-order valence-corrected chi connectivity index (χ0v) is 15.4. The molecule has 0 bridgehead atoms. The summed E-state index contributed by atoms with van der Waals surface area (Å²) in [7, 11) is 0. The van der Waals surface area contributed by atoms with Gasteiger partial charge in [0.15, 0.2) is 5.82 Å². The molecule has 0 unspecified atom stereocenters. The lowest BCUT2D eigenvalue weighted by Gasteiger charge is -2.28. The molecule has 0 saturated heterocycles. The highest BCUT2D eigenvalue weighted by atomic mass is 16.5. The van der Waals surface area contributed by atoms with Crippen molar-refractivity contribution < 1.29 is 4.52 Å². The number of hydrogen-bond donors (Lipinski definition) is 1. The van der Waals surface area contributed by atoms with Gasteiger partial charge in [-0.3, -0.25) is 0 Å². The molecule has 0 aromatic carbocycles. The minimum atomic E-state index is -0.125. The van der Waals surface area contributed by atoms with Crippen LogP contribution in [0.1, 0.15) is 96.2 Å². The smallest absolute Gasteiger partial charge is 0.223 e. The molecule has 1 aromatic heterocycles. The molecule has 0 radical (unpaired) electrons. The number of unbranched alkanes of at least 4 members (excludes halogenated alkanes) is 7. The highest BCUT2D eigenvalue weighted by Crippen LogP contribution is 2.39. The molecular formula is C19H35N3O. The van der Waals surface area contributed by atoms with Crippen LogP contribution in [0, 0.1) is 12.8 Å². The summed E-state index contributed by atoms with van der Waals surface area (Å²) in [6.07, 6.45) is 14.7. The maximum absolute atomic E-state index is 5.20. The number of aromatic nitrogens is 2. The first kappa shape index (κ1) is 18.4. The molecule has 4 heteroatoms. The van der Waals surface area contributed by atoms with Crippen molar-refractivity contribution in [3.05, 3.63) is 11.7 Å². The number of nitrogens with one attached hydrogen (secondary N) is 1. The highest BCUT2D eigenvalue weighted by Gasteiger charge is 2.37. The van der Waals surface area contributed by atoms with E-state index in [0.717, 1.165) is 24.7 Å². The second-order valence-electron chi connectivity index (χ2n) is 7.52. The van der Waals surface area contributed by atoms with E-state index in [1.54, 1.807) is 0 Å². The van der Waals surface area contributed by atoms with E-state index in [-0.39, 0.29) is 5.54 Å². The van der Waals surface area contributed by atoms with Crippen LogP contribution in [0.2, 0.25) is 0 Å². The molecule has 2 rings (SSSR count). The SMILES string of the molecule is CCCCCCCCCCN[C@](C)(CC1CC1)c1noc(C)n1. The van der Waals surface area contributed by atoms with Crippen molar-refractivity contribution in [3.63, 3.8) is 0 Å². The lowest BCUT2D eigenvalue weighted by molar-refractivity contribution is 0.285. The van der Waals surface area contributed by atoms with Crippen LogP contribution >= 0.6 is 0 Å². The fourth-order valence-electron chi connectivity index (χ4n) is 3.29. The van der Waals surface area contributed by atoms with Crippen LogP contribution in [0.3, 0.4) is 0 Å². The van der Waals surface area contributed by atoms with E-state index in [2.05, 4.69) is 29.3 Å². The van der Waals surface area contributed by atoms with Crippen molar-refractivity contribution in [2.24, 2.45) is 5.92 Å². The van der Waals surface area contributed by atoms with E-state index in [9.17, 15) is 0 Å². The molecule has 0 amide bonds. The molecule has 1 saturated carbocycles. The van der Waals surface area contributed by atoms with Crippen LogP contribution in [0.5, 0.6) is 0 Å². The van der Waals surface area contributed by atoms with Crippen LogP contribution < -0.4 is 5.32 Å². The average molecular weight is 322 g/mol. The average Bonchev–Trinajstić information content (AvgIpc) is 3.22. The van der Waals surface area contributed by atoms with Crippen molar-refractivity contribution in [1.29, 1.82) is 0 Å². The third kappa shape index (κ3) is 6.62. The quantitative estimate of drug-likeness (QED) is 0.512. The molecule has 1 aliphatic rings. The van der Waals surface area contributed by atoms with Crippen molar-refractivity contribution in [2.75, 3.05) is 6.54 Å². The molecule has 1 aromatic rings. The maximum Gasteiger partial charge on any atom is 0.223 e. The first-order chi connectivity index (χ1) is 11.1. The molecule has 4 nitrogen and oxygen atoms in total. The first-order valence-corrected chi connectivity index (χ1v) is 9.70. The molecule has 132 valence electrons. The second kappa shape index (κ2) is 9.41. The molecule has 23 heavy (non-hydrogen) atoms. The van der Waals surface area contributed by atoms with Gasteiger partial charge in [-0.1, -0.05) is 69.9 Å². The highest BCUT2D eigenvalue weighted by molar-refractivity contribution is 5.05. The van der Waals surface area contributed by atoms with Crippen molar-refractivity contribution in [2.45, 2.75) is 96.9 Å². The summed E-state index contributed by atoms with van der Waals surface area (Å²) in [5.41, 5.74) is -0.125. The van der Waals surface area contributed by atoms with E-state index in [1.807, 2.05) is 6.92 Å². The van der Waals surface area contributed by atoms with Gasteiger partial charge in [0.2, 0.25) is 5.89 Å². The summed E-state index contributed by atoms with van der Waals surface area (Å²) >= 11 is 0. The van der Waals surface area contributed by atoms with Crippen molar-refractivity contribution >= 4 is 0 Å². The predicted molar refractivity (Wildman–Crippen MR) is 94.3 cm³/mol. The van der Waals surface area contributed by atoms with Gasteiger partial charge in [0, 0.05) is 6.92 Å². The molecule has 1 aliphatic carbocycles. The molecule has 0 spiro atoms. The molecular weight excluding hydrogens is 286 g/mol. The van der Waals surface area contributed by atoms with Gasteiger partial charge in [0.1, 0.15) is 0 Å². The van der Waals surface area contributed by atoms with Gasteiger partial charge < -0.3 is 9.84 Å². The second-order valence-corrected chi connectivity index (χ2v) is 7.52. The lowest BCUT2D eigenvalue weighted by Crippen LogP contribution is -2.41. The van der Waals surface area contributed by atoms with Gasteiger partial charge in [0.25, 0.3) is 0 Å². The van der Waals surface area contributed by atoms with E-state index in [1.165, 1.54) is 64.2 Å². The van der Waals surface area contributed by atoms with Crippen molar-refractivity contribution in [3.8, 4) is 0 Å². The Bertz CT molecular complexity index is 442. The third-order valence-electron chi connectivity index (χ3n) is 4.96. The largest absolute Gasteiger partial charge is 0.340 e. The van der Waals surface area contributed by atoms with Gasteiger partial charge in [-0.05, 0) is 32.2 Å². The maximum atomic E-state index is 5.20. The third-order valence-corrected chi connectivity index (χ3v) is 4.96. The Kier molecular flexibility index (Phi) is 7.54. The summed E-state index contributed by atoms with van der Waals surface area (Å²) in [6, 6.07) is 0. The lowest BCUT2D eigenvalue weighted by atomic mass is 9.93. The van der Waals surface area contributed by atoms with E-state index in [0.29, 0.717) is 5.89 Å². The van der Waals surface area contributed by atoms with Crippen LogP contribution in [-0.4, -0.2) is 16.7 Å². The zero-order valence-electron chi connectivity index (χ0n) is 15.4. The molecule has 1 fully saturated rings. The van der Waals surface area contributed by atoms with Gasteiger partial charge in [-0.25, -0.2) is 0 Å². The Balaban J connectivity index is 1.66. The Morgan fingerprint density at radius 2 is 1.74 bits per heavy atom. The fraction of sp³-hybridized carbons (Fsp3) is 0.895. The fourth-order valence-corrected chi connectivity index (χ4v) is 3.29. The van der Waals surface area contributed by atoms with Crippen LogP contribution in [0.25, 0.3) is 0 Å². The minimum absolute atomic E-state index is 0.125. The summed E-state index contributed by atoms with van der Waals surface area (Å²) < 4.78 is 5.20. The minimum Gasteiger partial charge on any atom is -0.340 e. The molecule has 1 N–H and O–H groups in total. The summed E-state index contributed by atoms with van der Waals surface area (Å²) in [6.45, 7) is 7.42. The summed E-state index contributed by atoms with van der Waals surface area (Å²) in [4.78, 5) is 4.48. The Labute approximate surface area is 141 Å². The number of rotatable bonds is 13. The van der Waals surface area contributed by atoms with Gasteiger partial charge in [0.05, 0.1) is 5.54 Å². The Morgan fingerprint density at radius 3 is 2.30 bits per heavy atom. The topological polar surface area (TPSA) is 51.0 Å².